The maximum absolute atomic E-state index is 10.7. The zero-order valence-corrected chi connectivity index (χ0v) is 10.2. The third-order valence-electron chi connectivity index (χ3n) is 2.00. The molecule has 0 aliphatic heterocycles. The molecule has 8 heteroatoms. The maximum Gasteiger partial charge on any atom is 0.337 e. The summed E-state index contributed by atoms with van der Waals surface area (Å²) in [6.07, 6.45) is -1.89. The van der Waals surface area contributed by atoms with Gasteiger partial charge in [0.25, 0.3) is 5.69 Å². The van der Waals surface area contributed by atoms with Crippen molar-refractivity contribution in [3.63, 3.8) is 0 Å². The molecule has 1 aromatic carbocycles. The number of halogens is 1. The monoisotopic (exact) mass is 305 g/mol. The third-order valence-corrected chi connectivity index (χ3v) is 2.59. The molecular weight excluding hydrogens is 298 g/mol. The summed E-state index contributed by atoms with van der Waals surface area (Å²) in [5.74, 6) is -1.47. The van der Waals surface area contributed by atoms with Crippen LogP contribution in [0.25, 0.3) is 0 Å². The molecule has 92 valence electrons. The number of aliphatic hydroxyl groups excluding tert-OH is 1. The van der Waals surface area contributed by atoms with Gasteiger partial charge in [-0.15, -0.1) is 0 Å². The number of hydrogen-bond donors (Lipinski definition) is 2. The number of aliphatic hydroxyl groups is 1. The Kier molecular flexibility index (Phi) is 4.02. The molecule has 0 bridgehead atoms. The van der Waals surface area contributed by atoms with Gasteiger partial charge in [0.1, 0.15) is 5.75 Å². The van der Waals surface area contributed by atoms with Crippen LogP contribution < -0.4 is 4.74 Å². The lowest BCUT2D eigenvalue weighted by Crippen LogP contribution is -2.12. The second kappa shape index (κ2) is 5.11. The van der Waals surface area contributed by atoms with Crippen LogP contribution in [-0.2, 0) is 4.79 Å². The van der Waals surface area contributed by atoms with Crippen LogP contribution in [0.5, 0.6) is 5.75 Å². The van der Waals surface area contributed by atoms with Gasteiger partial charge >= 0.3 is 5.97 Å². The fraction of sp³-hybridized carbons (Fsp3) is 0.222. The van der Waals surface area contributed by atoms with Crippen LogP contribution in [0.1, 0.15) is 11.7 Å². The second-order valence-electron chi connectivity index (χ2n) is 3.05. The van der Waals surface area contributed by atoms with Crippen LogP contribution in [-0.4, -0.2) is 28.2 Å². The zero-order valence-electron chi connectivity index (χ0n) is 8.58. The van der Waals surface area contributed by atoms with E-state index in [-0.39, 0.29) is 21.5 Å². The molecule has 0 heterocycles. The molecule has 0 amide bonds. The number of carboxylic acid groups (broad SMARTS) is 1. The lowest BCUT2D eigenvalue weighted by atomic mass is 10.1. The summed E-state index contributed by atoms with van der Waals surface area (Å²) in [6.45, 7) is 0. The number of carboxylic acids is 1. The van der Waals surface area contributed by atoms with Gasteiger partial charge in [0, 0.05) is 17.7 Å². The van der Waals surface area contributed by atoms with Gasteiger partial charge in [-0.3, -0.25) is 10.1 Å². The number of nitro benzene ring substituents is 1. The summed E-state index contributed by atoms with van der Waals surface area (Å²) < 4.78 is 5.09. The van der Waals surface area contributed by atoms with Gasteiger partial charge in [-0.05, 0) is 15.9 Å². The molecule has 17 heavy (non-hydrogen) atoms. The van der Waals surface area contributed by atoms with Crippen LogP contribution in [0.3, 0.4) is 0 Å². The number of methoxy groups -OCH3 is 1. The Morgan fingerprint density at radius 2 is 2.18 bits per heavy atom. The molecule has 7 nitrogen and oxygen atoms in total. The summed E-state index contributed by atoms with van der Waals surface area (Å²) >= 11 is 3.01. The number of hydrogen-bond acceptors (Lipinski definition) is 5. The number of nitro groups is 1. The predicted octanol–water partition coefficient (Wildman–Crippen LogP) is 1.48. The number of rotatable bonds is 4. The number of ether oxygens (including phenoxy) is 1. The topological polar surface area (TPSA) is 110 Å². The van der Waals surface area contributed by atoms with Crippen LogP contribution in [0.4, 0.5) is 5.69 Å². The molecule has 0 saturated carbocycles. The van der Waals surface area contributed by atoms with Gasteiger partial charge in [-0.25, -0.2) is 4.79 Å². The average molecular weight is 306 g/mol. The number of carbonyl (C=O) groups is 1. The molecule has 0 fully saturated rings. The van der Waals surface area contributed by atoms with Crippen LogP contribution >= 0.6 is 15.9 Å². The maximum atomic E-state index is 10.7. The summed E-state index contributed by atoms with van der Waals surface area (Å²) in [4.78, 5) is 20.6. The van der Waals surface area contributed by atoms with E-state index in [0.717, 1.165) is 12.1 Å². The van der Waals surface area contributed by atoms with Gasteiger partial charge in [0.15, 0.2) is 6.10 Å². The Balaban J connectivity index is 3.43. The first-order chi connectivity index (χ1) is 7.88. The Morgan fingerprint density at radius 3 is 2.59 bits per heavy atom. The normalized spacial score (nSPS) is 11.9. The Morgan fingerprint density at radius 1 is 1.59 bits per heavy atom. The SMILES string of the molecule is COc1c(Br)cc([N+](=O)[O-])cc1C(O)C(=O)O. The fourth-order valence-electron chi connectivity index (χ4n) is 1.26. The summed E-state index contributed by atoms with van der Waals surface area (Å²) in [5.41, 5.74) is -0.519. The highest BCUT2D eigenvalue weighted by atomic mass is 79.9. The van der Waals surface area contributed by atoms with Crippen molar-refractivity contribution in [2.24, 2.45) is 0 Å². The molecule has 0 aliphatic rings. The summed E-state index contributed by atoms with van der Waals surface area (Å²) in [6, 6.07) is 2.12. The van der Waals surface area contributed by atoms with E-state index < -0.39 is 17.0 Å². The number of benzene rings is 1. The standard InChI is InChI=1S/C9H8BrNO6/c1-17-8-5(7(12)9(13)14)2-4(11(15)16)3-6(8)10/h2-3,7,12H,1H3,(H,13,14). The van der Waals surface area contributed by atoms with Crippen molar-refractivity contribution >= 4 is 27.6 Å². The molecule has 0 aliphatic carbocycles. The van der Waals surface area contributed by atoms with E-state index in [4.69, 9.17) is 9.84 Å². The third kappa shape index (κ3) is 2.71. The number of non-ortho nitro benzene ring substituents is 1. The highest BCUT2D eigenvalue weighted by Crippen LogP contribution is 2.36. The minimum Gasteiger partial charge on any atom is -0.495 e. The predicted molar refractivity (Wildman–Crippen MR) is 59.9 cm³/mol. The van der Waals surface area contributed by atoms with E-state index in [1.54, 1.807) is 0 Å². The van der Waals surface area contributed by atoms with E-state index in [1.807, 2.05) is 0 Å². The summed E-state index contributed by atoms with van der Waals surface area (Å²) in [7, 11) is 1.27. The van der Waals surface area contributed by atoms with Gasteiger partial charge in [0.2, 0.25) is 0 Å². The summed E-state index contributed by atoms with van der Waals surface area (Å²) in [5, 5.41) is 28.7. The van der Waals surface area contributed by atoms with Crippen molar-refractivity contribution in [1.82, 2.24) is 0 Å². The van der Waals surface area contributed by atoms with Crippen molar-refractivity contribution in [2.45, 2.75) is 6.10 Å². The molecule has 0 aromatic heterocycles. The number of nitrogens with zero attached hydrogens (tertiary/aromatic N) is 1. The van der Waals surface area contributed by atoms with Crippen molar-refractivity contribution in [3.8, 4) is 5.75 Å². The Bertz CT molecular complexity index is 475. The smallest absolute Gasteiger partial charge is 0.337 e. The van der Waals surface area contributed by atoms with E-state index in [9.17, 15) is 20.0 Å². The lowest BCUT2D eigenvalue weighted by Gasteiger charge is -2.12. The molecule has 1 atom stereocenters. The molecule has 1 unspecified atom stereocenters. The van der Waals surface area contributed by atoms with Crippen LogP contribution in [0, 0.1) is 10.1 Å². The molecule has 2 N–H and O–H groups in total. The molecular formula is C9H8BrNO6. The highest BCUT2D eigenvalue weighted by molar-refractivity contribution is 9.10. The minimum absolute atomic E-state index is 0.0468. The van der Waals surface area contributed by atoms with Crippen LogP contribution in [0.15, 0.2) is 16.6 Å². The lowest BCUT2D eigenvalue weighted by molar-refractivity contribution is -0.385. The fourth-order valence-corrected chi connectivity index (χ4v) is 1.88. The van der Waals surface area contributed by atoms with Gasteiger partial charge in [-0.2, -0.15) is 0 Å². The van der Waals surface area contributed by atoms with Crippen molar-refractivity contribution in [3.05, 3.63) is 32.3 Å². The van der Waals surface area contributed by atoms with E-state index in [2.05, 4.69) is 15.9 Å². The van der Waals surface area contributed by atoms with Crippen molar-refractivity contribution < 1.29 is 24.7 Å². The van der Waals surface area contributed by atoms with E-state index in [0.29, 0.717) is 0 Å². The Hall–Kier alpha value is -1.67. The first-order valence-corrected chi connectivity index (χ1v) is 5.10. The quantitative estimate of drug-likeness (QED) is 0.644. The zero-order chi connectivity index (χ0) is 13.2. The number of aliphatic carboxylic acids is 1. The van der Waals surface area contributed by atoms with E-state index in [1.165, 1.54) is 7.11 Å². The molecule has 1 aromatic rings. The average Bonchev–Trinajstić information content (AvgIpc) is 2.26. The first kappa shape index (κ1) is 13.4. The first-order valence-electron chi connectivity index (χ1n) is 4.31. The minimum atomic E-state index is -1.89. The van der Waals surface area contributed by atoms with Gasteiger partial charge in [-0.1, -0.05) is 0 Å². The molecule has 0 saturated heterocycles. The van der Waals surface area contributed by atoms with Gasteiger partial charge in [0.05, 0.1) is 16.5 Å². The molecule has 1 rings (SSSR count). The van der Waals surface area contributed by atoms with Gasteiger partial charge < -0.3 is 14.9 Å². The van der Waals surface area contributed by atoms with Crippen LogP contribution in [0.2, 0.25) is 0 Å². The Labute approximate surface area is 104 Å². The molecule has 0 spiro atoms. The van der Waals surface area contributed by atoms with E-state index >= 15 is 0 Å². The highest BCUT2D eigenvalue weighted by Gasteiger charge is 2.25. The molecule has 0 radical (unpaired) electrons. The second-order valence-corrected chi connectivity index (χ2v) is 3.90. The van der Waals surface area contributed by atoms with Crippen molar-refractivity contribution in [2.75, 3.05) is 7.11 Å². The van der Waals surface area contributed by atoms with Crippen molar-refractivity contribution in [1.29, 1.82) is 0 Å². The largest absolute Gasteiger partial charge is 0.495 e.